The van der Waals surface area contributed by atoms with Crippen molar-refractivity contribution in [1.29, 1.82) is 0 Å². The van der Waals surface area contributed by atoms with Crippen LogP contribution >= 0.6 is 11.6 Å². The molecule has 0 aliphatic rings. The van der Waals surface area contributed by atoms with Crippen molar-refractivity contribution in [2.75, 3.05) is 0 Å². The molecule has 0 radical (unpaired) electrons. The molecule has 28 heavy (non-hydrogen) atoms. The van der Waals surface area contributed by atoms with Crippen molar-refractivity contribution < 1.29 is 4.42 Å². The van der Waals surface area contributed by atoms with Crippen LogP contribution in [0.15, 0.2) is 95.4 Å². The van der Waals surface area contributed by atoms with Crippen LogP contribution in [0.25, 0.3) is 45.1 Å². The molecule has 0 saturated carbocycles. The van der Waals surface area contributed by atoms with Crippen LogP contribution in [0, 0.1) is 0 Å². The first-order valence-corrected chi connectivity index (χ1v) is 9.34. The molecular weight excluding hydrogens is 368 g/mol. The lowest BCUT2D eigenvalue weighted by Gasteiger charge is -2.06. The molecule has 3 aromatic carbocycles. The Labute approximate surface area is 167 Å². The van der Waals surface area contributed by atoms with Crippen LogP contribution in [-0.2, 0) is 0 Å². The average molecular weight is 383 g/mol. The molecule has 5 rings (SSSR count). The van der Waals surface area contributed by atoms with E-state index in [0.29, 0.717) is 16.6 Å². The third kappa shape index (κ3) is 3.06. The molecule has 0 amide bonds. The van der Waals surface area contributed by atoms with Gasteiger partial charge in [0.2, 0.25) is 11.6 Å². The summed E-state index contributed by atoms with van der Waals surface area (Å²) in [7, 11) is 0. The highest BCUT2D eigenvalue weighted by Crippen LogP contribution is 2.34. The Hall–Kier alpha value is -3.43. The Morgan fingerprint density at radius 3 is 1.96 bits per heavy atom. The molecule has 0 saturated heterocycles. The highest BCUT2D eigenvalue weighted by atomic mass is 35.5. The van der Waals surface area contributed by atoms with Crippen molar-refractivity contribution in [2.24, 2.45) is 0 Å². The van der Waals surface area contributed by atoms with Crippen LogP contribution in [0.1, 0.15) is 0 Å². The van der Waals surface area contributed by atoms with E-state index < -0.39 is 0 Å². The molecule has 5 aromatic rings. The Morgan fingerprint density at radius 1 is 0.643 bits per heavy atom. The highest BCUT2D eigenvalue weighted by molar-refractivity contribution is 6.30. The second-order valence-corrected chi connectivity index (χ2v) is 6.90. The zero-order chi connectivity index (χ0) is 18.9. The van der Waals surface area contributed by atoms with Gasteiger partial charge < -0.3 is 4.42 Å². The SMILES string of the molecule is Clc1ccc(-c2cc(-c3ccccc3)nc3oc(-c4ccccc4)nc23)cc1. The van der Waals surface area contributed by atoms with Gasteiger partial charge in [-0.05, 0) is 35.9 Å². The van der Waals surface area contributed by atoms with Crippen LogP contribution in [0.3, 0.4) is 0 Å². The second kappa shape index (κ2) is 6.95. The lowest BCUT2D eigenvalue weighted by molar-refractivity contribution is 0.608. The Bertz CT molecular complexity index is 1250. The third-order valence-electron chi connectivity index (χ3n) is 4.61. The fraction of sp³-hybridized carbons (Fsp3) is 0. The summed E-state index contributed by atoms with van der Waals surface area (Å²) in [5, 5.41) is 0.697. The minimum atomic E-state index is 0.519. The zero-order valence-corrected chi connectivity index (χ0v) is 15.6. The quantitative estimate of drug-likeness (QED) is 0.341. The number of aromatic nitrogens is 2. The lowest BCUT2D eigenvalue weighted by atomic mass is 10.0. The van der Waals surface area contributed by atoms with Gasteiger partial charge in [0.15, 0.2) is 0 Å². The molecule has 0 fully saturated rings. The van der Waals surface area contributed by atoms with Crippen molar-refractivity contribution in [2.45, 2.75) is 0 Å². The number of hydrogen-bond acceptors (Lipinski definition) is 3. The van der Waals surface area contributed by atoms with Gasteiger partial charge in [0.1, 0.15) is 5.52 Å². The number of nitrogens with zero attached hydrogens (tertiary/aromatic N) is 2. The van der Waals surface area contributed by atoms with Gasteiger partial charge in [-0.25, -0.2) is 9.97 Å². The largest absolute Gasteiger partial charge is 0.418 e. The lowest BCUT2D eigenvalue weighted by Crippen LogP contribution is -1.88. The minimum absolute atomic E-state index is 0.519. The molecule has 4 heteroatoms. The maximum Gasteiger partial charge on any atom is 0.248 e. The van der Waals surface area contributed by atoms with Crippen LogP contribution < -0.4 is 0 Å². The Kier molecular flexibility index (Phi) is 4.15. The van der Waals surface area contributed by atoms with Crippen molar-refractivity contribution in [1.82, 2.24) is 9.97 Å². The molecule has 2 aromatic heterocycles. The molecule has 0 bridgehead atoms. The predicted molar refractivity (Wildman–Crippen MR) is 113 cm³/mol. The first-order chi connectivity index (χ1) is 13.8. The van der Waals surface area contributed by atoms with Crippen LogP contribution in [0.2, 0.25) is 5.02 Å². The summed E-state index contributed by atoms with van der Waals surface area (Å²) in [4.78, 5) is 9.49. The fourth-order valence-electron chi connectivity index (χ4n) is 3.22. The van der Waals surface area contributed by atoms with E-state index in [2.05, 4.69) is 6.07 Å². The second-order valence-electron chi connectivity index (χ2n) is 6.47. The van der Waals surface area contributed by atoms with Crippen molar-refractivity contribution in [3.05, 3.63) is 96.0 Å². The van der Waals surface area contributed by atoms with Crippen molar-refractivity contribution in [3.8, 4) is 33.8 Å². The number of rotatable bonds is 3. The van der Waals surface area contributed by atoms with Gasteiger partial charge in [-0.1, -0.05) is 72.3 Å². The summed E-state index contributed by atoms with van der Waals surface area (Å²) in [6.45, 7) is 0. The van der Waals surface area contributed by atoms with E-state index in [1.165, 1.54) is 0 Å². The number of halogens is 1. The van der Waals surface area contributed by atoms with E-state index in [-0.39, 0.29) is 0 Å². The fourth-order valence-corrected chi connectivity index (χ4v) is 3.35. The minimum Gasteiger partial charge on any atom is -0.418 e. The summed E-state index contributed by atoms with van der Waals surface area (Å²) >= 11 is 6.08. The molecule has 0 aliphatic heterocycles. The first-order valence-electron chi connectivity index (χ1n) is 8.96. The first kappa shape index (κ1) is 16.7. The van der Waals surface area contributed by atoms with Gasteiger partial charge in [0.25, 0.3) is 0 Å². The van der Waals surface area contributed by atoms with E-state index in [0.717, 1.165) is 33.5 Å². The van der Waals surface area contributed by atoms with E-state index in [9.17, 15) is 0 Å². The van der Waals surface area contributed by atoms with Gasteiger partial charge in [-0.15, -0.1) is 0 Å². The molecule has 0 atom stereocenters. The van der Waals surface area contributed by atoms with Gasteiger partial charge in [0.05, 0.1) is 5.69 Å². The summed E-state index contributed by atoms with van der Waals surface area (Å²) in [5.74, 6) is 0.559. The molecule has 3 nitrogen and oxygen atoms in total. The molecule has 0 aliphatic carbocycles. The molecule has 0 unspecified atom stereocenters. The summed E-state index contributed by atoms with van der Waals surface area (Å²) in [6, 6.07) is 29.7. The Balaban J connectivity index is 1.77. The van der Waals surface area contributed by atoms with Crippen molar-refractivity contribution in [3.63, 3.8) is 0 Å². The van der Waals surface area contributed by atoms with E-state index in [1.54, 1.807) is 0 Å². The summed E-state index contributed by atoms with van der Waals surface area (Å²) < 4.78 is 6.05. The number of pyridine rings is 1. The standard InChI is InChI=1S/C24H15ClN2O/c25-19-13-11-16(12-14-19)20-15-21(17-7-3-1-4-8-17)26-24-22(20)27-23(28-24)18-9-5-2-6-10-18/h1-15H. The molecule has 0 spiro atoms. The molecular formula is C24H15ClN2O. The third-order valence-corrected chi connectivity index (χ3v) is 4.86. The monoisotopic (exact) mass is 382 g/mol. The number of oxazole rings is 1. The molecule has 0 N–H and O–H groups in total. The van der Waals surface area contributed by atoms with E-state index in [4.69, 9.17) is 26.0 Å². The smallest absolute Gasteiger partial charge is 0.248 e. The van der Waals surface area contributed by atoms with Crippen LogP contribution in [-0.4, -0.2) is 9.97 Å². The van der Waals surface area contributed by atoms with Crippen LogP contribution in [0.5, 0.6) is 0 Å². The van der Waals surface area contributed by atoms with E-state index >= 15 is 0 Å². The number of fused-ring (bicyclic) bond motifs is 1. The van der Waals surface area contributed by atoms with Gasteiger partial charge in [-0.3, -0.25) is 0 Å². The van der Waals surface area contributed by atoms with Crippen LogP contribution in [0.4, 0.5) is 0 Å². The normalized spacial score (nSPS) is 11.0. The zero-order valence-electron chi connectivity index (χ0n) is 14.8. The van der Waals surface area contributed by atoms with Gasteiger partial charge >= 0.3 is 0 Å². The van der Waals surface area contributed by atoms with E-state index in [1.807, 2.05) is 84.9 Å². The van der Waals surface area contributed by atoms with Gasteiger partial charge in [-0.2, -0.15) is 0 Å². The topological polar surface area (TPSA) is 38.9 Å². The maximum atomic E-state index is 6.08. The Morgan fingerprint density at radius 2 is 1.29 bits per heavy atom. The summed E-state index contributed by atoms with van der Waals surface area (Å²) in [6.07, 6.45) is 0. The predicted octanol–water partition coefficient (Wildman–Crippen LogP) is 6.88. The molecule has 2 heterocycles. The highest BCUT2D eigenvalue weighted by Gasteiger charge is 2.16. The number of benzene rings is 3. The molecule has 134 valence electrons. The maximum absolute atomic E-state index is 6.08. The van der Waals surface area contributed by atoms with Gasteiger partial charge in [0, 0.05) is 21.7 Å². The van der Waals surface area contributed by atoms with Crippen molar-refractivity contribution >= 4 is 22.8 Å². The summed E-state index contributed by atoms with van der Waals surface area (Å²) in [5.41, 5.74) is 6.02. The average Bonchev–Trinajstić information content (AvgIpc) is 3.19. The number of hydrogen-bond donors (Lipinski definition) is 0.